The summed E-state index contributed by atoms with van der Waals surface area (Å²) in [6, 6.07) is 13.0. The quantitative estimate of drug-likeness (QED) is 0.757. The Hall–Kier alpha value is -1.36. The maximum atomic E-state index is 11.2. The van der Waals surface area contributed by atoms with Crippen molar-refractivity contribution >= 4 is 28.9 Å². The van der Waals surface area contributed by atoms with Gasteiger partial charge in [-0.05, 0) is 55.1 Å². The molecule has 134 valence electrons. The Morgan fingerprint density at radius 2 is 1.72 bits per heavy atom. The monoisotopic (exact) mass is 377 g/mol. The van der Waals surface area contributed by atoms with E-state index in [0.717, 1.165) is 17.4 Å². The Bertz CT molecular complexity index is 718. The fourth-order valence-electron chi connectivity index (χ4n) is 3.50. The van der Waals surface area contributed by atoms with Crippen molar-refractivity contribution in [2.45, 2.75) is 38.6 Å². The highest BCUT2D eigenvalue weighted by atomic mass is 35.5. The Balaban J connectivity index is 1.87. The number of thiophene rings is 1. The van der Waals surface area contributed by atoms with Gasteiger partial charge in [0.1, 0.15) is 0 Å². The molecular weight excluding hydrogens is 354 g/mol. The lowest BCUT2D eigenvalue weighted by Gasteiger charge is -2.36. The number of rotatable bonds is 5. The number of carboxylic acids is 1. The summed E-state index contributed by atoms with van der Waals surface area (Å²) >= 11 is 7.79. The molecule has 1 aromatic heterocycles. The van der Waals surface area contributed by atoms with E-state index in [1.165, 1.54) is 16.0 Å². The molecule has 0 amide bonds. The van der Waals surface area contributed by atoms with Gasteiger partial charge >= 0.3 is 5.97 Å². The lowest BCUT2D eigenvalue weighted by Crippen LogP contribution is -2.39. The number of carbonyl (C=O) groups is 1. The highest BCUT2D eigenvalue weighted by Gasteiger charge is 2.30. The molecule has 0 saturated carbocycles. The first-order valence-electron chi connectivity index (χ1n) is 8.77. The second-order valence-electron chi connectivity index (χ2n) is 7.01. The third-order valence-electron chi connectivity index (χ3n) is 5.03. The molecule has 1 saturated heterocycles. The zero-order chi connectivity index (χ0) is 18.0. The van der Waals surface area contributed by atoms with E-state index in [1.54, 1.807) is 11.3 Å². The summed E-state index contributed by atoms with van der Waals surface area (Å²) in [5.74, 6) is -0.376. The van der Waals surface area contributed by atoms with Crippen LogP contribution in [0.2, 0.25) is 4.34 Å². The van der Waals surface area contributed by atoms with Crippen LogP contribution < -0.4 is 0 Å². The summed E-state index contributed by atoms with van der Waals surface area (Å²) in [5, 5.41) is 9.25. The van der Waals surface area contributed by atoms with Crippen LogP contribution in [-0.4, -0.2) is 29.1 Å². The number of halogens is 1. The molecule has 1 aliphatic heterocycles. The van der Waals surface area contributed by atoms with Crippen LogP contribution in [0.1, 0.15) is 54.7 Å². The second kappa shape index (κ2) is 7.90. The van der Waals surface area contributed by atoms with Crippen molar-refractivity contribution in [3.05, 3.63) is 56.7 Å². The van der Waals surface area contributed by atoms with Gasteiger partial charge in [-0.3, -0.25) is 9.69 Å². The molecular formula is C20H24ClNO2S. The predicted molar refractivity (Wildman–Crippen MR) is 104 cm³/mol. The highest BCUT2D eigenvalue weighted by molar-refractivity contribution is 7.16. The molecule has 0 aliphatic carbocycles. The smallest absolute Gasteiger partial charge is 0.306 e. The first kappa shape index (κ1) is 18.4. The van der Waals surface area contributed by atoms with Crippen LogP contribution >= 0.6 is 22.9 Å². The van der Waals surface area contributed by atoms with Crippen LogP contribution in [0.5, 0.6) is 0 Å². The van der Waals surface area contributed by atoms with Gasteiger partial charge in [-0.1, -0.05) is 49.7 Å². The molecule has 1 fully saturated rings. The van der Waals surface area contributed by atoms with Crippen LogP contribution in [0.3, 0.4) is 0 Å². The zero-order valence-electron chi connectivity index (χ0n) is 14.6. The number of carboxylic acid groups (broad SMARTS) is 1. The lowest BCUT2D eigenvalue weighted by molar-refractivity contribution is -0.143. The molecule has 1 atom stereocenters. The summed E-state index contributed by atoms with van der Waals surface area (Å²) in [5.41, 5.74) is 2.58. The highest BCUT2D eigenvalue weighted by Crippen LogP contribution is 2.37. The number of hydrogen-bond donors (Lipinski definition) is 1. The van der Waals surface area contributed by atoms with Crippen molar-refractivity contribution in [2.75, 3.05) is 13.1 Å². The molecule has 0 bridgehead atoms. The molecule has 2 aromatic rings. The van der Waals surface area contributed by atoms with Gasteiger partial charge in [0.05, 0.1) is 16.3 Å². The average molecular weight is 378 g/mol. The normalized spacial score (nSPS) is 17.8. The fraction of sp³-hybridized carbons (Fsp3) is 0.450. The molecule has 1 N–H and O–H groups in total. The van der Waals surface area contributed by atoms with Crippen molar-refractivity contribution in [3.8, 4) is 0 Å². The molecule has 25 heavy (non-hydrogen) atoms. The topological polar surface area (TPSA) is 40.5 Å². The zero-order valence-corrected chi connectivity index (χ0v) is 16.2. The summed E-state index contributed by atoms with van der Waals surface area (Å²) < 4.78 is 0.791. The minimum Gasteiger partial charge on any atom is -0.481 e. The molecule has 3 rings (SSSR count). The van der Waals surface area contributed by atoms with Crippen LogP contribution in [0, 0.1) is 5.92 Å². The van der Waals surface area contributed by atoms with Crippen molar-refractivity contribution in [2.24, 2.45) is 5.92 Å². The van der Waals surface area contributed by atoms with Crippen molar-refractivity contribution in [3.63, 3.8) is 0 Å². The van der Waals surface area contributed by atoms with Gasteiger partial charge in [-0.15, -0.1) is 11.3 Å². The van der Waals surface area contributed by atoms with Crippen molar-refractivity contribution in [1.82, 2.24) is 4.90 Å². The Morgan fingerprint density at radius 3 is 2.20 bits per heavy atom. The minimum atomic E-state index is -0.670. The molecule has 1 unspecified atom stereocenters. The molecule has 5 heteroatoms. The Labute approximate surface area is 158 Å². The lowest BCUT2D eigenvalue weighted by atomic mass is 9.93. The number of benzene rings is 1. The van der Waals surface area contributed by atoms with Gasteiger partial charge < -0.3 is 5.11 Å². The van der Waals surface area contributed by atoms with E-state index in [2.05, 4.69) is 49.1 Å². The Morgan fingerprint density at radius 1 is 1.12 bits per heavy atom. The maximum Gasteiger partial charge on any atom is 0.306 e. The van der Waals surface area contributed by atoms with Crippen LogP contribution in [0.25, 0.3) is 0 Å². The predicted octanol–water partition coefficient (Wildman–Crippen LogP) is 5.41. The first-order valence-corrected chi connectivity index (χ1v) is 9.97. The summed E-state index contributed by atoms with van der Waals surface area (Å²) in [6.07, 6.45) is 1.41. The average Bonchev–Trinajstić information content (AvgIpc) is 3.02. The third-order valence-corrected chi connectivity index (χ3v) is 6.31. The van der Waals surface area contributed by atoms with E-state index in [0.29, 0.717) is 18.8 Å². The van der Waals surface area contributed by atoms with Crippen LogP contribution in [-0.2, 0) is 4.79 Å². The summed E-state index contributed by atoms with van der Waals surface area (Å²) in [4.78, 5) is 14.9. The number of likely N-dealkylation sites (tertiary alicyclic amines) is 1. The van der Waals surface area contributed by atoms with Crippen LogP contribution in [0.15, 0.2) is 36.4 Å². The van der Waals surface area contributed by atoms with Gasteiger partial charge in [0.15, 0.2) is 0 Å². The summed E-state index contributed by atoms with van der Waals surface area (Å²) in [7, 11) is 0. The molecule has 3 nitrogen and oxygen atoms in total. The van der Waals surface area contributed by atoms with E-state index in [9.17, 15) is 9.90 Å². The van der Waals surface area contributed by atoms with Gasteiger partial charge in [0, 0.05) is 4.88 Å². The molecule has 1 aromatic carbocycles. The molecule has 0 spiro atoms. The van der Waals surface area contributed by atoms with E-state index >= 15 is 0 Å². The van der Waals surface area contributed by atoms with Gasteiger partial charge in [0.25, 0.3) is 0 Å². The van der Waals surface area contributed by atoms with E-state index in [4.69, 9.17) is 11.6 Å². The standard InChI is InChI=1S/C20H24ClNO2S/c1-13(2)14-3-5-15(6-4-14)19(17-7-8-18(21)25-17)22-11-9-16(10-12-22)20(23)24/h3-8,13,16,19H,9-12H2,1-2H3,(H,23,24). The van der Waals surface area contributed by atoms with Gasteiger partial charge in [0.2, 0.25) is 0 Å². The molecule has 0 radical (unpaired) electrons. The van der Waals surface area contributed by atoms with E-state index in [1.807, 2.05) is 6.07 Å². The van der Waals surface area contributed by atoms with E-state index < -0.39 is 5.97 Å². The Kier molecular flexibility index (Phi) is 5.82. The van der Waals surface area contributed by atoms with Gasteiger partial charge in [-0.2, -0.15) is 0 Å². The second-order valence-corrected chi connectivity index (χ2v) is 8.76. The molecule has 1 aliphatic rings. The number of nitrogens with zero attached hydrogens (tertiary/aromatic N) is 1. The van der Waals surface area contributed by atoms with Crippen LogP contribution in [0.4, 0.5) is 0 Å². The number of hydrogen-bond acceptors (Lipinski definition) is 3. The number of piperidine rings is 1. The third kappa shape index (κ3) is 4.25. The number of aliphatic carboxylic acids is 1. The summed E-state index contributed by atoms with van der Waals surface area (Å²) in [6.45, 7) is 5.98. The molecule has 2 heterocycles. The SMILES string of the molecule is CC(C)c1ccc(C(c2ccc(Cl)s2)N2CCC(C(=O)O)CC2)cc1. The van der Waals surface area contributed by atoms with E-state index in [-0.39, 0.29) is 12.0 Å². The minimum absolute atomic E-state index is 0.147. The maximum absolute atomic E-state index is 11.2. The first-order chi connectivity index (χ1) is 12.0. The largest absolute Gasteiger partial charge is 0.481 e. The van der Waals surface area contributed by atoms with Gasteiger partial charge in [-0.25, -0.2) is 0 Å². The van der Waals surface area contributed by atoms with Crippen molar-refractivity contribution in [1.29, 1.82) is 0 Å². The van der Waals surface area contributed by atoms with Crippen molar-refractivity contribution < 1.29 is 9.90 Å². The fourth-order valence-corrected chi connectivity index (χ4v) is 4.72.